The van der Waals surface area contributed by atoms with Gasteiger partial charge >= 0.3 is 0 Å². The van der Waals surface area contributed by atoms with E-state index in [0.29, 0.717) is 6.54 Å². The van der Waals surface area contributed by atoms with Crippen molar-refractivity contribution in [3.8, 4) is 0 Å². The van der Waals surface area contributed by atoms with E-state index < -0.39 is 0 Å². The van der Waals surface area contributed by atoms with Gasteiger partial charge in [0.25, 0.3) is 0 Å². The number of hydrogen-bond acceptors (Lipinski definition) is 3. The molecule has 0 spiro atoms. The average molecular weight is 290 g/mol. The molecule has 2 rings (SSSR count). The molecule has 0 atom stereocenters. The Bertz CT molecular complexity index is 481. The molecular formula is C16H22N2OS. The van der Waals surface area contributed by atoms with E-state index in [1.165, 1.54) is 0 Å². The first-order valence-electron chi connectivity index (χ1n) is 7.06. The van der Waals surface area contributed by atoms with Crippen molar-refractivity contribution in [2.45, 2.75) is 30.6 Å². The molecule has 0 saturated heterocycles. The monoisotopic (exact) mass is 290 g/mol. The molecule has 0 aromatic heterocycles. The van der Waals surface area contributed by atoms with Crippen molar-refractivity contribution in [2.24, 2.45) is 11.1 Å². The number of para-hydroxylation sites is 1. The highest BCUT2D eigenvalue weighted by atomic mass is 32.2. The predicted octanol–water partition coefficient (Wildman–Crippen LogP) is 3.42. The van der Waals surface area contributed by atoms with Crippen LogP contribution in [-0.4, -0.2) is 18.2 Å². The van der Waals surface area contributed by atoms with Crippen molar-refractivity contribution in [1.82, 2.24) is 0 Å². The van der Waals surface area contributed by atoms with Gasteiger partial charge < -0.3 is 11.1 Å². The quantitative estimate of drug-likeness (QED) is 0.623. The van der Waals surface area contributed by atoms with Crippen LogP contribution in [0.15, 0.2) is 41.8 Å². The third kappa shape index (κ3) is 3.25. The highest BCUT2D eigenvalue weighted by molar-refractivity contribution is 7.99. The maximum absolute atomic E-state index is 12.6. The standard InChI is InChI=1S/C16H22N2OS/c1-2-11-20-14-8-4-3-7-13(14)18-15(19)16(12-17)9-5-6-10-16/h2-4,7-8H,1,5-6,9-12,17H2,(H,18,19). The van der Waals surface area contributed by atoms with Gasteiger partial charge in [0.15, 0.2) is 0 Å². The Morgan fingerprint density at radius 3 is 2.75 bits per heavy atom. The first-order chi connectivity index (χ1) is 9.72. The summed E-state index contributed by atoms with van der Waals surface area (Å²) in [7, 11) is 0. The van der Waals surface area contributed by atoms with Crippen LogP contribution in [0.5, 0.6) is 0 Å². The van der Waals surface area contributed by atoms with Crippen molar-refractivity contribution in [3.63, 3.8) is 0 Å². The molecule has 108 valence electrons. The lowest BCUT2D eigenvalue weighted by atomic mass is 9.85. The molecule has 20 heavy (non-hydrogen) atoms. The van der Waals surface area contributed by atoms with Crippen LogP contribution >= 0.6 is 11.8 Å². The van der Waals surface area contributed by atoms with Gasteiger partial charge in [-0.05, 0) is 25.0 Å². The lowest BCUT2D eigenvalue weighted by molar-refractivity contribution is -0.124. The molecule has 0 unspecified atom stereocenters. The summed E-state index contributed by atoms with van der Waals surface area (Å²) in [6.45, 7) is 4.16. The van der Waals surface area contributed by atoms with Crippen LogP contribution in [0, 0.1) is 5.41 Å². The summed E-state index contributed by atoms with van der Waals surface area (Å²) in [6.07, 6.45) is 5.85. The lowest BCUT2D eigenvalue weighted by Crippen LogP contribution is -2.40. The van der Waals surface area contributed by atoms with Crippen LogP contribution < -0.4 is 11.1 Å². The molecule has 0 heterocycles. The van der Waals surface area contributed by atoms with E-state index in [9.17, 15) is 4.79 Å². The Labute approximate surface area is 125 Å². The second kappa shape index (κ2) is 6.95. The van der Waals surface area contributed by atoms with E-state index >= 15 is 0 Å². The fourth-order valence-electron chi connectivity index (χ4n) is 2.68. The van der Waals surface area contributed by atoms with E-state index in [2.05, 4.69) is 11.9 Å². The Kier molecular flexibility index (Phi) is 5.26. The van der Waals surface area contributed by atoms with Crippen LogP contribution in [0.3, 0.4) is 0 Å². The van der Waals surface area contributed by atoms with Crippen molar-refractivity contribution in [1.29, 1.82) is 0 Å². The van der Waals surface area contributed by atoms with E-state index in [4.69, 9.17) is 5.73 Å². The maximum atomic E-state index is 12.6. The van der Waals surface area contributed by atoms with Gasteiger partial charge in [-0.1, -0.05) is 31.1 Å². The number of carbonyl (C=O) groups is 1. The molecular weight excluding hydrogens is 268 g/mol. The average Bonchev–Trinajstić information content (AvgIpc) is 2.96. The minimum absolute atomic E-state index is 0.0733. The number of carbonyl (C=O) groups excluding carboxylic acids is 1. The van der Waals surface area contributed by atoms with Crippen LogP contribution in [0.4, 0.5) is 5.69 Å². The molecule has 1 aliphatic rings. The molecule has 4 heteroatoms. The third-order valence-electron chi connectivity index (χ3n) is 3.93. The lowest BCUT2D eigenvalue weighted by Gasteiger charge is -2.26. The normalized spacial score (nSPS) is 16.9. The number of anilines is 1. The molecule has 1 fully saturated rings. The molecule has 3 N–H and O–H groups in total. The molecule has 0 radical (unpaired) electrons. The SMILES string of the molecule is C=CCSc1ccccc1NC(=O)C1(CN)CCCC1. The van der Waals surface area contributed by atoms with Crippen molar-refractivity contribution >= 4 is 23.4 Å². The Morgan fingerprint density at radius 1 is 1.40 bits per heavy atom. The topological polar surface area (TPSA) is 55.1 Å². The number of benzene rings is 1. The first kappa shape index (κ1) is 15.1. The maximum Gasteiger partial charge on any atom is 0.231 e. The summed E-state index contributed by atoms with van der Waals surface area (Å²) in [5, 5.41) is 3.08. The fraction of sp³-hybridized carbons (Fsp3) is 0.438. The van der Waals surface area contributed by atoms with Gasteiger partial charge in [0.2, 0.25) is 5.91 Å². The van der Waals surface area contributed by atoms with E-state index in [0.717, 1.165) is 42.0 Å². The smallest absolute Gasteiger partial charge is 0.231 e. The third-order valence-corrected chi connectivity index (χ3v) is 4.99. The zero-order chi connectivity index (χ0) is 14.4. The molecule has 0 bridgehead atoms. The van der Waals surface area contributed by atoms with Crippen molar-refractivity contribution < 1.29 is 4.79 Å². The van der Waals surface area contributed by atoms with Gasteiger partial charge in [-0.15, -0.1) is 18.3 Å². The van der Waals surface area contributed by atoms with Gasteiger partial charge in [0.05, 0.1) is 11.1 Å². The second-order valence-corrected chi connectivity index (χ2v) is 6.30. The number of amides is 1. The summed E-state index contributed by atoms with van der Waals surface area (Å²) < 4.78 is 0. The number of nitrogens with one attached hydrogen (secondary N) is 1. The van der Waals surface area contributed by atoms with E-state index in [1.54, 1.807) is 11.8 Å². The number of hydrogen-bond donors (Lipinski definition) is 2. The van der Waals surface area contributed by atoms with Gasteiger partial charge in [0.1, 0.15) is 0 Å². The van der Waals surface area contributed by atoms with Crippen LogP contribution in [0.1, 0.15) is 25.7 Å². The summed E-state index contributed by atoms with van der Waals surface area (Å²) in [5.41, 5.74) is 6.38. The van der Waals surface area contributed by atoms with Gasteiger partial charge in [0, 0.05) is 17.2 Å². The van der Waals surface area contributed by atoms with Gasteiger partial charge in [-0.3, -0.25) is 4.79 Å². The molecule has 1 aliphatic carbocycles. The highest BCUT2D eigenvalue weighted by Crippen LogP contribution is 2.39. The fourth-order valence-corrected chi connectivity index (χ4v) is 3.42. The van der Waals surface area contributed by atoms with E-state index in [1.807, 2.05) is 30.3 Å². The minimum atomic E-state index is -0.365. The predicted molar refractivity (Wildman–Crippen MR) is 85.9 cm³/mol. The molecule has 1 saturated carbocycles. The molecule has 1 aromatic carbocycles. The minimum Gasteiger partial charge on any atom is -0.329 e. The molecule has 1 amide bonds. The summed E-state index contributed by atoms with van der Waals surface area (Å²) in [6, 6.07) is 7.89. The number of rotatable bonds is 6. The molecule has 1 aromatic rings. The Morgan fingerprint density at radius 2 is 2.10 bits per heavy atom. The largest absolute Gasteiger partial charge is 0.329 e. The van der Waals surface area contributed by atoms with Crippen molar-refractivity contribution in [3.05, 3.63) is 36.9 Å². The van der Waals surface area contributed by atoms with Crippen LogP contribution in [0.25, 0.3) is 0 Å². The highest BCUT2D eigenvalue weighted by Gasteiger charge is 2.39. The second-order valence-electron chi connectivity index (χ2n) is 5.24. The Hall–Kier alpha value is -1.26. The van der Waals surface area contributed by atoms with E-state index in [-0.39, 0.29) is 11.3 Å². The van der Waals surface area contributed by atoms with Gasteiger partial charge in [-0.2, -0.15) is 0 Å². The Balaban J connectivity index is 2.12. The van der Waals surface area contributed by atoms with Crippen LogP contribution in [0.2, 0.25) is 0 Å². The molecule has 0 aliphatic heterocycles. The van der Waals surface area contributed by atoms with Crippen LogP contribution in [-0.2, 0) is 4.79 Å². The zero-order valence-corrected chi connectivity index (χ0v) is 12.5. The summed E-state index contributed by atoms with van der Waals surface area (Å²) in [5.74, 6) is 0.902. The zero-order valence-electron chi connectivity index (χ0n) is 11.7. The summed E-state index contributed by atoms with van der Waals surface area (Å²) >= 11 is 1.67. The summed E-state index contributed by atoms with van der Waals surface area (Å²) in [4.78, 5) is 13.6. The first-order valence-corrected chi connectivity index (χ1v) is 8.05. The molecule has 3 nitrogen and oxygen atoms in total. The number of thioether (sulfide) groups is 1. The van der Waals surface area contributed by atoms with Crippen molar-refractivity contribution in [2.75, 3.05) is 17.6 Å². The van der Waals surface area contributed by atoms with Gasteiger partial charge in [-0.25, -0.2) is 0 Å². The number of nitrogens with two attached hydrogens (primary N) is 1.